The summed E-state index contributed by atoms with van der Waals surface area (Å²) in [6, 6.07) is 21.0. The fourth-order valence-corrected chi connectivity index (χ4v) is 5.44. The van der Waals surface area contributed by atoms with Gasteiger partial charge in [0.15, 0.2) is 0 Å². The normalized spacial score (nSPS) is 14.4. The third-order valence-corrected chi connectivity index (χ3v) is 7.34. The molecule has 1 aromatic heterocycles. The Bertz CT molecular complexity index is 1150. The number of hydrogen-bond donors (Lipinski definition) is 2. The van der Waals surface area contributed by atoms with Crippen molar-refractivity contribution in [1.29, 1.82) is 0 Å². The fraction of sp³-hybridized carbons (Fsp3) is 0.185. The molecule has 3 aromatic rings. The van der Waals surface area contributed by atoms with Crippen molar-refractivity contribution in [2.45, 2.75) is 12.1 Å². The summed E-state index contributed by atoms with van der Waals surface area (Å²) in [5.74, 6) is 0.860. The Morgan fingerprint density at radius 1 is 1.19 bits per heavy atom. The highest BCUT2D eigenvalue weighted by Crippen LogP contribution is 2.41. The zero-order chi connectivity index (χ0) is 22.7. The van der Waals surface area contributed by atoms with E-state index in [0.717, 1.165) is 34.1 Å². The van der Waals surface area contributed by atoms with Gasteiger partial charge < -0.3 is 20.3 Å². The summed E-state index contributed by atoms with van der Waals surface area (Å²) in [6.45, 7) is 14.2. The molecule has 0 fully saturated rings. The highest BCUT2D eigenvalue weighted by Gasteiger charge is 2.40. The maximum atomic E-state index is 5.42. The highest BCUT2D eigenvalue weighted by atomic mass is 32.1. The van der Waals surface area contributed by atoms with Gasteiger partial charge in [0.25, 0.3) is 0 Å². The minimum atomic E-state index is -0.566. The second-order valence-electron chi connectivity index (χ2n) is 7.84. The molecule has 2 aromatic carbocycles. The number of methoxy groups -OCH3 is 1. The molecule has 2 N–H and O–H groups in total. The Balaban J connectivity index is 1.72. The van der Waals surface area contributed by atoms with Gasteiger partial charge in [-0.25, -0.2) is 0 Å². The average molecular weight is 444 g/mol. The molecule has 0 aliphatic carbocycles. The van der Waals surface area contributed by atoms with Gasteiger partial charge in [-0.05, 0) is 47.7 Å². The van der Waals surface area contributed by atoms with Crippen LogP contribution in [0.3, 0.4) is 0 Å². The molecular weight excluding hydrogens is 414 g/mol. The van der Waals surface area contributed by atoms with Crippen LogP contribution in [0, 0.1) is 0 Å². The van der Waals surface area contributed by atoms with E-state index in [9.17, 15) is 0 Å². The van der Waals surface area contributed by atoms with Crippen molar-refractivity contribution in [1.82, 2.24) is 15.5 Å². The lowest BCUT2D eigenvalue weighted by Gasteiger charge is -2.39. The minimum absolute atomic E-state index is 0.566. The molecule has 4 rings (SSSR count). The van der Waals surface area contributed by atoms with Gasteiger partial charge in [-0.3, -0.25) is 0 Å². The van der Waals surface area contributed by atoms with Crippen molar-refractivity contribution >= 4 is 17.0 Å². The lowest BCUT2D eigenvalue weighted by Crippen LogP contribution is -2.51. The molecule has 0 bridgehead atoms. The molecule has 1 atom stereocenters. The van der Waals surface area contributed by atoms with E-state index in [1.54, 1.807) is 24.6 Å². The van der Waals surface area contributed by atoms with E-state index in [1.165, 1.54) is 16.0 Å². The van der Waals surface area contributed by atoms with Crippen molar-refractivity contribution in [2.24, 2.45) is 0 Å². The van der Waals surface area contributed by atoms with Gasteiger partial charge in [0.2, 0.25) is 0 Å². The molecule has 164 valence electrons. The standard InChI is InChI=1S/C27H29N3OS/c1-6-29-27(20(3)28-4,26-15-14-25(32-26)21-10-8-7-9-11-21)18-30-17-22-16-23(31-5)12-13-24(22)19(30)2/h6-16,28-29H,1-3,17-18H2,4-5H3. The van der Waals surface area contributed by atoms with E-state index in [4.69, 9.17) is 4.74 Å². The molecule has 32 heavy (non-hydrogen) atoms. The Morgan fingerprint density at radius 2 is 1.97 bits per heavy atom. The van der Waals surface area contributed by atoms with Crippen LogP contribution in [0.4, 0.5) is 0 Å². The second-order valence-corrected chi connectivity index (χ2v) is 8.92. The number of ether oxygens (including phenoxy) is 1. The summed E-state index contributed by atoms with van der Waals surface area (Å²) >= 11 is 1.76. The van der Waals surface area contributed by atoms with E-state index < -0.39 is 5.54 Å². The molecule has 0 spiro atoms. The summed E-state index contributed by atoms with van der Waals surface area (Å²) in [7, 11) is 3.60. The second kappa shape index (κ2) is 8.97. The molecule has 2 heterocycles. The summed E-state index contributed by atoms with van der Waals surface area (Å²) in [6.07, 6.45) is 1.75. The average Bonchev–Trinajstić information content (AvgIpc) is 3.44. The SMILES string of the molecule is C=CNC(CN1Cc2cc(OC)ccc2C1=C)(C(=C)NC)c1ccc(-c2ccccc2)s1. The number of hydrogen-bond acceptors (Lipinski definition) is 5. The number of thiophene rings is 1. The van der Waals surface area contributed by atoms with Gasteiger partial charge in [-0.2, -0.15) is 0 Å². The van der Waals surface area contributed by atoms with Gasteiger partial charge in [0.1, 0.15) is 11.3 Å². The van der Waals surface area contributed by atoms with Crippen LogP contribution in [0.25, 0.3) is 16.1 Å². The van der Waals surface area contributed by atoms with Gasteiger partial charge in [0, 0.05) is 40.3 Å². The zero-order valence-electron chi connectivity index (χ0n) is 18.7. The van der Waals surface area contributed by atoms with E-state index >= 15 is 0 Å². The first-order valence-electron chi connectivity index (χ1n) is 10.5. The maximum Gasteiger partial charge on any atom is 0.128 e. The third kappa shape index (κ3) is 3.80. The number of rotatable bonds is 9. The Kier molecular flexibility index (Phi) is 6.10. The molecular formula is C27H29N3OS. The monoisotopic (exact) mass is 443 g/mol. The molecule has 5 heteroatoms. The van der Waals surface area contributed by atoms with Crippen LogP contribution >= 0.6 is 11.3 Å². The first-order valence-corrected chi connectivity index (χ1v) is 11.4. The van der Waals surface area contributed by atoms with Gasteiger partial charge in [-0.1, -0.05) is 50.1 Å². The lowest BCUT2D eigenvalue weighted by atomic mass is 9.92. The third-order valence-electron chi connectivity index (χ3n) is 6.04. The number of benzene rings is 2. The van der Waals surface area contributed by atoms with Crippen LogP contribution in [-0.4, -0.2) is 25.6 Å². The molecule has 0 amide bonds. The molecule has 0 radical (unpaired) electrons. The van der Waals surface area contributed by atoms with Gasteiger partial charge in [-0.15, -0.1) is 11.3 Å². The summed E-state index contributed by atoms with van der Waals surface area (Å²) in [5, 5.41) is 6.82. The van der Waals surface area contributed by atoms with Crippen molar-refractivity contribution < 1.29 is 4.74 Å². The maximum absolute atomic E-state index is 5.42. The quantitative estimate of drug-likeness (QED) is 0.453. The number of likely N-dealkylation sites (N-methyl/N-ethyl adjacent to an activating group) is 1. The van der Waals surface area contributed by atoms with Crippen molar-refractivity contribution in [2.75, 3.05) is 20.7 Å². The molecule has 0 saturated carbocycles. The van der Waals surface area contributed by atoms with Crippen LogP contribution in [-0.2, 0) is 12.1 Å². The Hall–Kier alpha value is -3.44. The minimum Gasteiger partial charge on any atom is -0.497 e. The molecule has 1 aliphatic rings. The molecule has 1 aliphatic heterocycles. The zero-order valence-corrected chi connectivity index (χ0v) is 19.5. The fourth-order valence-electron chi connectivity index (χ4n) is 4.26. The van der Waals surface area contributed by atoms with E-state index in [0.29, 0.717) is 6.54 Å². The highest BCUT2D eigenvalue weighted by molar-refractivity contribution is 7.15. The Morgan fingerprint density at radius 3 is 2.66 bits per heavy atom. The topological polar surface area (TPSA) is 36.5 Å². The number of nitrogens with zero attached hydrogens (tertiary/aromatic N) is 1. The van der Waals surface area contributed by atoms with Crippen molar-refractivity contribution in [3.8, 4) is 16.2 Å². The number of nitrogens with one attached hydrogen (secondary N) is 2. The predicted molar refractivity (Wildman–Crippen MR) is 135 cm³/mol. The van der Waals surface area contributed by atoms with Crippen LogP contribution in [0.1, 0.15) is 16.0 Å². The molecule has 4 nitrogen and oxygen atoms in total. The van der Waals surface area contributed by atoms with E-state index in [2.05, 4.69) is 83.8 Å². The smallest absolute Gasteiger partial charge is 0.128 e. The summed E-state index contributed by atoms with van der Waals surface area (Å²) < 4.78 is 5.42. The van der Waals surface area contributed by atoms with Crippen molar-refractivity contribution in [3.05, 3.63) is 108 Å². The van der Waals surface area contributed by atoms with Gasteiger partial charge in [0.05, 0.1) is 13.7 Å². The van der Waals surface area contributed by atoms with Crippen LogP contribution in [0.2, 0.25) is 0 Å². The largest absolute Gasteiger partial charge is 0.497 e. The van der Waals surface area contributed by atoms with Crippen LogP contribution in [0.5, 0.6) is 5.75 Å². The molecule has 0 saturated heterocycles. The Labute approximate surface area is 194 Å². The lowest BCUT2D eigenvalue weighted by molar-refractivity contribution is 0.289. The van der Waals surface area contributed by atoms with E-state index in [-0.39, 0.29) is 0 Å². The van der Waals surface area contributed by atoms with E-state index in [1.807, 2.05) is 19.2 Å². The van der Waals surface area contributed by atoms with Crippen LogP contribution in [0.15, 0.2) is 92.3 Å². The number of fused-ring (bicyclic) bond motifs is 1. The van der Waals surface area contributed by atoms with Gasteiger partial charge >= 0.3 is 0 Å². The first-order chi connectivity index (χ1) is 15.5. The first kappa shape index (κ1) is 21.8. The predicted octanol–water partition coefficient (Wildman–Crippen LogP) is 5.57. The molecule has 1 unspecified atom stereocenters. The summed E-state index contributed by atoms with van der Waals surface area (Å²) in [4.78, 5) is 4.68. The van der Waals surface area contributed by atoms with Crippen molar-refractivity contribution in [3.63, 3.8) is 0 Å². The summed E-state index contributed by atoms with van der Waals surface area (Å²) in [5.41, 5.74) is 4.89. The van der Waals surface area contributed by atoms with Crippen LogP contribution < -0.4 is 15.4 Å².